The van der Waals surface area contributed by atoms with Crippen LogP contribution in [0.15, 0.2) is 42.5 Å². The van der Waals surface area contributed by atoms with E-state index in [1.165, 1.54) is 4.90 Å². The van der Waals surface area contributed by atoms with Crippen LogP contribution in [-0.4, -0.2) is 48.7 Å². The Morgan fingerprint density at radius 3 is 2.41 bits per heavy atom. The van der Waals surface area contributed by atoms with Gasteiger partial charge in [0.2, 0.25) is 5.91 Å². The SMILES string of the molecule is CN1C(=O)COc2cc(NC(=O)CN3C(=O)c4ccccc4C3=O)ccc21. The molecular weight excluding hydrogens is 350 g/mol. The number of fused-ring (bicyclic) bond motifs is 2. The molecular formula is C19H15N3O5. The summed E-state index contributed by atoms with van der Waals surface area (Å²) in [7, 11) is 1.64. The van der Waals surface area contributed by atoms with Crippen LogP contribution in [0.2, 0.25) is 0 Å². The van der Waals surface area contributed by atoms with Gasteiger partial charge < -0.3 is 15.0 Å². The van der Waals surface area contributed by atoms with Gasteiger partial charge in [0, 0.05) is 18.8 Å². The lowest BCUT2D eigenvalue weighted by Gasteiger charge is -2.26. The minimum absolute atomic E-state index is 0.0735. The highest BCUT2D eigenvalue weighted by Gasteiger charge is 2.36. The molecule has 4 rings (SSSR count). The van der Waals surface area contributed by atoms with E-state index in [4.69, 9.17) is 4.74 Å². The van der Waals surface area contributed by atoms with Gasteiger partial charge in [-0.2, -0.15) is 0 Å². The average Bonchev–Trinajstić information content (AvgIpc) is 2.90. The van der Waals surface area contributed by atoms with Crippen LogP contribution in [0, 0.1) is 0 Å². The second-order valence-electron chi connectivity index (χ2n) is 6.21. The molecule has 0 saturated carbocycles. The maximum atomic E-state index is 12.3. The maximum absolute atomic E-state index is 12.3. The number of carbonyl (C=O) groups excluding carboxylic acids is 4. The van der Waals surface area contributed by atoms with Crippen molar-refractivity contribution in [3.8, 4) is 5.75 Å². The highest BCUT2D eigenvalue weighted by atomic mass is 16.5. The van der Waals surface area contributed by atoms with Gasteiger partial charge in [0.25, 0.3) is 17.7 Å². The summed E-state index contributed by atoms with van der Waals surface area (Å²) in [6.07, 6.45) is 0. The molecule has 0 saturated heterocycles. The Bertz CT molecular complexity index is 966. The zero-order valence-corrected chi connectivity index (χ0v) is 14.4. The van der Waals surface area contributed by atoms with E-state index < -0.39 is 17.7 Å². The van der Waals surface area contributed by atoms with E-state index in [0.29, 0.717) is 28.3 Å². The first-order chi connectivity index (χ1) is 13.0. The van der Waals surface area contributed by atoms with Crippen molar-refractivity contribution in [3.05, 3.63) is 53.6 Å². The highest BCUT2D eigenvalue weighted by Crippen LogP contribution is 2.33. The number of nitrogens with one attached hydrogen (secondary N) is 1. The van der Waals surface area contributed by atoms with Gasteiger partial charge >= 0.3 is 0 Å². The fourth-order valence-corrected chi connectivity index (χ4v) is 3.08. The molecule has 0 aliphatic carbocycles. The smallest absolute Gasteiger partial charge is 0.264 e. The largest absolute Gasteiger partial charge is 0.481 e. The topological polar surface area (TPSA) is 96.0 Å². The fraction of sp³-hybridized carbons (Fsp3) is 0.158. The molecule has 0 spiro atoms. The lowest BCUT2D eigenvalue weighted by atomic mass is 10.1. The minimum Gasteiger partial charge on any atom is -0.481 e. The molecule has 0 unspecified atom stereocenters. The van der Waals surface area contributed by atoms with Crippen LogP contribution in [0.1, 0.15) is 20.7 Å². The van der Waals surface area contributed by atoms with Gasteiger partial charge in [0.05, 0.1) is 16.8 Å². The molecule has 2 aromatic carbocycles. The zero-order valence-electron chi connectivity index (χ0n) is 14.4. The fourth-order valence-electron chi connectivity index (χ4n) is 3.08. The summed E-state index contributed by atoms with van der Waals surface area (Å²) in [5, 5.41) is 2.64. The van der Waals surface area contributed by atoms with Gasteiger partial charge in [-0.25, -0.2) is 0 Å². The van der Waals surface area contributed by atoms with Crippen molar-refractivity contribution in [2.45, 2.75) is 0 Å². The average molecular weight is 365 g/mol. The lowest BCUT2D eigenvalue weighted by Crippen LogP contribution is -2.37. The number of benzene rings is 2. The Hall–Kier alpha value is -3.68. The predicted octanol–water partition coefficient (Wildman–Crippen LogP) is 1.28. The van der Waals surface area contributed by atoms with Crippen molar-refractivity contribution < 1.29 is 23.9 Å². The van der Waals surface area contributed by atoms with Crippen LogP contribution in [0.25, 0.3) is 0 Å². The molecule has 8 nitrogen and oxygen atoms in total. The molecule has 136 valence electrons. The van der Waals surface area contributed by atoms with Crippen LogP contribution in [-0.2, 0) is 9.59 Å². The van der Waals surface area contributed by atoms with Crippen molar-refractivity contribution in [1.29, 1.82) is 0 Å². The third kappa shape index (κ3) is 2.80. The monoisotopic (exact) mass is 365 g/mol. The summed E-state index contributed by atoms with van der Waals surface area (Å²) in [5.41, 5.74) is 1.64. The van der Waals surface area contributed by atoms with Gasteiger partial charge in [0.1, 0.15) is 12.3 Å². The molecule has 27 heavy (non-hydrogen) atoms. The summed E-state index contributed by atoms with van der Waals surface area (Å²) in [5.74, 6) is -1.18. The van der Waals surface area contributed by atoms with E-state index in [0.717, 1.165) is 4.90 Å². The number of imide groups is 1. The molecule has 2 aromatic rings. The second-order valence-corrected chi connectivity index (χ2v) is 6.21. The summed E-state index contributed by atoms with van der Waals surface area (Å²) >= 11 is 0. The summed E-state index contributed by atoms with van der Waals surface area (Å²) in [6, 6.07) is 11.3. The Morgan fingerprint density at radius 2 is 1.74 bits per heavy atom. The van der Waals surface area contributed by atoms with E-state index in [-0.39, 0.29) is 19.1 Å². The van der Waals surface area contributed by atoms with E-state index in [1.54, 1.807) is 49.5 Å². The molecule has 2 aliphatic heterocycles. The Balaban J connectivity index is 1.47. The van der Waals surface area contributed by atoms with Gasteiger partial charge in [-0.15, -0.1) is 0 Å². The van der Waals surface area contributed by atoms with Crippen molar-refractivity contribution >= 4 is 35.0 Å². The van der Waals surface area contributed by atoms with Crippen LogP contribution in [0.3, 0.4) is 0 Å². The predicted molar refractivity (Wildman–Crippen MR) is 95.8 cm³/mol. The number of carbonyl (C=O) groups is 4. The normalized spacial score (nSPS) is 15.4. The highest BCUT2D eigenvalue weighted by molar-refractivity contribution is 6.22. The quantitative estimate of drug-likeness (QED) is 0.827. The van der Waals surface area contributed by atoms with Crippen LogP contribution < -0.4 is 15.0 Å². The van der Waals surface area contributed by atoms with E-state index in [2.05, 4.69) is 5.32 Å². The number of rotatable bonds is 3. The molecule has 0 fully saturated rings. The summed E-state index contributed by atoms with van der Waals surface area (Å²) in [4.78, 5) is 51.0. The van der Waals surface area contributed by atoms with Crippen LogP contribution >= 0.6 is 0 Å². The number of nitrogens with zero attached hydrogens (tertiary/aromatic N) is 2. The molecule has 0 radical (unpaired) electrons. The minimum atomic E-state index is -0.510. The maximum Gasteiger partial charge on any atom is 0.264 e. The third-order valence-electron chi connectivity index (χ3n) is 4.51. The second kappa shape index (κ2) is 6.24. The van der Waals surface area contributed by atoms with Crippen LogP contribution in [0.5, 0.6) is 5.75 Å². The van der Waals surface area contributed by atoms with Crippen molar-refractivity contribution in [1.82, 2.24) is 4.90 Å². The Morgan fingerprint density at radius 1 is 1.07 bits per heavy atom. The molecule has 8 heteroatoms. The number of hydrogen-bond acceptors (Lipinski definition) is 5. The number of likely N-dealkylation sites (N-methyl/N-ethyl adjacent to an activating group) is 1. The molecule has 1 N–H and O–H groups in total. The third-order valence-corrected chi connectivity index (χ3v) is 4.51. The van der Waals surface area contributed by atoms with Crippen molar-refractivity contribution in [3.63, 3.8) is 0 Å². The van der Waals surface area contributed by atoms with Crippen molar-refractivity contribution in [2.24, 2.45) is 0 Å². The Labute approximate surface area is 154 Å². The number of anilines is 2. The van der Waals surface area contributed by atoms with Gasteiger partial charge in [0.15, 0.2) is 6.61 Å². The molecule has 0 aromatic heterocycles. The first-order valence-electron chi connectivity index (χ1n) is 8.24. The molecule has 0 atom stereocenters. The summed E-state index contributed by atoms with van der Waals surface area (Å²) < 4.78 is 5.38. The summed E-state index contributed by atoms with van der Waals surface area (Å²) in [6.45, 7) is -0.460. The first-order valence-corrected chi connectivity index (χ1v) is 8.24. The standard InChI is InChI=1S/C19H15N3O5/c1-21-14-7-6-11(8-15(14)27-10-17(21)24)20-16(23)9-22-18(25)12-4-2-3-5-13(12)19(22)26/h2-8H,9-10H2,1H3,(H,20,23). The van der Waals surface area contributed by atoms with Gasteiger partial charge in [-0.3, -0.25) is 24.1 Å². The van der Waals surface area contributed by atoms with Gasteiger partial charge in [-0.1, -0.05) is 12.1 Å². The number of hydrogen-bond donors (Lipinski definition) is 1. The van der Waals surface area contributed by atoms with E-state index in [9.17, 15) is 19.2 Å². The lowest BCUT2D eigenvalue weighted by molar-refractivity contribution is -0.121. The molecule has 0 bridgehead atoms. The van der Waals surface area contributed by atoms with Gasteiger partial charge in [-0.05, 0) is 24.3 Å². The molecule has 2 aliphatic rings. The first kappa shape index (κ1) is 16.8. The number of amides is 4. The Kier molecular flexibility index (Phi) is 3.88. The molecule has 2 heterocycles. The van der Waals surface area contributed by atoms with E-state index in [1.807, 2.05) is 0 Å². The van der Waals surface area contributed by atoms with E-state index >= 15 is 0 Å². The number of ether oxygens (including phenoxy) is 1. The zero-order chi connectivity index (χ0) is 19.1. The molecule has 4 amide bonds. The van der Waals surface area contributed by atoms with Crippen LogP contribution in [0.4, 0.5) is 11.4 Å². The van der Waals surface area contributed by atoms with Crippen molar-refractivity contribution in [2.75, 3.05) is 30.4 Å².